The maximum Gasteiger partial charge on any atom is 0.331 e. The van der Waals surface area contributed by atoms with Crippen molar-refractivity contribution in [3.8, 4) is 0 Å². The largest absolute Gasteiger partial charge is 0.478 e. The van der Waals surface area contributed by atoms with Gasteiger partial charge in [0.2, 0.25) is 5.91 Å². The molecule has 0 aliphatic heterocycles. The van der Waals surface area contributed by atoms with Crippen molar-refractivity contribution in [3.05, 3.63) is 11.6 Å². The van der Waals surface area contributed by atoms with E-state index in [9.17, 15) is 14.7 Å². The molecule has 0 saturated heterocycles. The highest BCUT2D eigenvalue weighted by Crippen LogP contribution is 2.22. The van der Waals surface area contributed by atoms with Crippen LogP contribution in [0.15, 0.2) is 11.6 Å². The molecule has 1 aliphatic rings. The van der Waals surface area contributed by atoms with Gasteiger partial charge in [-0.25, -0.2) is 4.79 Å². The highest BCUT2D eigenvalue weighted by molar-refractivity contribution is 5.86. The van der Waals surface area contributed by atoms with Gasteiger partial charge in [-0.1, -0.05) is 13.8 Å². The van der Waals surface area contributed by atoms with Gasteiger partial charge in [-0.3, -0.25) is 4.79 Å². The SMILES string of the molecule is CCC(CC)OC1C=C(C(=O)O)CC(N)C(NC(C)=O)CC1. The third kappa shape index (κ3) is 5.77. The highest BCUT2D eigenvalue weighted by Gasteiger charge is 2.27. The van der Waals surface area contributed by atoms with Crippen LogP contribution in [0, 0.1) is 0 Å². The van der Waals surface area contributed by atoms with Gasteiger partial charge in [-0.05, 0) is 38.2 Å². The number of carboxylic acids is 1. The molecule has 6 heteroatoms. The first kappa shape index (κ1) is 18.6. The molecule has 126 valence electrons. The van der Waals surface area contributed by atoms with Crippen molar-refractivity contribution in [1.82, 2.24) is 5.32 Å². The monoisotopic (exact) mass is 312 g/mol. The lowest BCUT2D eigenvalue weighted by molar-refractivity contribution is -0.133. The zero-order valence-electron chi connectivity index (χ0n) is 13.7. The summed E-state index contributed by atoms with van der Waals surface area (Å²) in [5, 5.41) is 12.2. The molecule has 22 heavy (non-hydrogen) atoms. The molecule has 3 atom stereocenters. The number of carbonyl (C=O) groups is 2. The second-order valence-electron chi connectivity index (χ2n) is 5.86. The quantitative estimate of drug-likeness (QED) is 0.691. The van der Waals surface area contributed by atoms with Gasteiger partial charge in [0.25, 0.3) is 0 Å². The predicted octanol–water partition coefficient (Wildman–Crippen LogP) is 1.59. The third-order valence-corrected chi connectivity index (χ3v) is 4.06. The average Bonchev–Trinajstić information content (AvgIpc) is 2.45. The zero-order valence-corrected chi connectivity index (χ0v) is 13.7. The summed E-state index contributed by atoms with van der Waals surface area (Å²) in [4.78, 5) is 22.7. The van der Waals surface area contributed by atoms with Crippen molar-refractivity contribution in [2.75, 3.05) is 0 Å². The van der Waals surface area contributed by atoms with Crippen LogP contribution in [0.3, 0.4) is 0 Å². The van der Waals surface area contributed by atoms with E-state index in [1.165, 1.54) is 6.92 Å². The summed E-state index contributed by atoms with van der Waals surface area (Å²) in [6, 6.07) is -0.631. The lowest BCUT2D eigenvalue weighted by Gasteiger charge is -2.30. The van der Waals surface area contributed by atoms with E-state index in [0.29, 0.717) is 12.8 Å². The Morgan fingerprint density at radius 1 is 1.41 bits per heavy atom. The molecule has 0 saturated carbocycles. The van der Waals surface area contributed by atoms with Gasteiger partial charge in [0, 0.05) is 24.6 Å². The first-order valence-electron chi connectivity index (χ1n) is 7.99. The molecule has 1 rings (SSSR count). The number of nitrogens with one attached hydrogen (secondary N) is 1. The van der Waals surface area contributed by atoms with Crippen molar-refractivity contribution in [2.45, 2.75) is 77.2 Å². The van der Waals surface area contributed by atoms with E-state index >= 15 is 0 Å². The third-order valence-electron chi connectivity index (χ3n) is 4.06. The van der Waals surface area contributed by atoms with Gasteiger partial charge >= 0.3 is 5.97 Å². The minimum absolute atomic E-state index is 0.114. The van der Waals surface area contributed by atoms with E-state index in [-0.39, 0.29) is 36.2 Å². The smallest absolute Gasteiger partial charge is 0.331 e. The summed E-state index contributed by atoms with van der Waals surface area (Å²) in [5.41, 5.74) is 6.33. The number of rotatable bonds is 6. The fourth-order valence-corrected chi connectivity index (χ4v) is 2.76. The van der Waals surface area contributed by atoms with E-state index in [1.54, 1.807) is 6.08 Å². The molecule has 3 unspecified atom stereocenters. The van der Waals surface area contributed by atoms with Crippen molar-refractivity contribution < 1.29 is 19.4 Å². The number of hydrogen-bond acceptors (Lipinski definition) is 4. The number of amides is 1. The molecule has 6 nitrogen and oxygen atoms in total. The molecule has 0 radical (unpaired) electrons. The topological polar surface area (TPSA) is 102 Å². The second-order valence-corrected chi connectivity index (χ2v) is 5.86. The predicted molar refractivity (Wildman–Crippen MR) is 84.4 cm³/mol. The fraction of sp³-hybridized carbons (Fsp3) is 0.750. The summed E-state index contributed by atoms with van der Waals surface area (Å²) in [6.07, 6.45) is 4.87. The lowest BCUT2D eigenvalue weighted by atomic mass is 9.91. The van der Waals surface area contributed by atoms with Crippen molar-refractivity contribution in [1.29, 1.82) is 0 Å². The van der Waals surface area contributed by atoms with E-state index in [2.05, 4.69) is 19.2 Å². The molecule has 1 amide bonds. The number of nitrogens with two attached hydrogens (primary N) is 1. The van der Waals surface area contributed by atoms with Crippen LogP contribution in [0.25, 0.3) is 0 Å². The first-order valence-corrected chi connectivity index (χ1v) is 7.99. The Labute approximate surface area is 132 Å². The van der Waals surface area contributed by atoms with Gasteiger partial charge in [0.1, 0.15) is 0 Å². The van der Waals surface area contributed by atoms with Crippen LogP contribution in [0.1, 0.15) is 52.9 Å². The molecule has 0 aromatic carbocycles. The Hall–Kier alpha value is -1.40. The highest BCUT2D eigenvalue weighted by atomic mass is 16.5. The van der Waals surface area contributed by atoms with Crippen LogP contribution < -0.4 is 11.1 Å². The Kier molecular flexibility index (Phi) is 7.55. The van der Waals surface area contributed by atoms with Crippen molar-refractivity contribution >= 4 is 11.9 Å². The second kappa shape index (κ2) is 8.90. The number of aliphatic carboxylic acids is 1. The zero-order chi connectivity index (χ0) is 16.7. The number of carbonyl (C=O) groups excluding carboxylic acids is 1. The Morgan fingerprint density at radius 2 is 2.05 bits per heavy atom. The molecule has 0 fully saturated rings. The normalized spacial score (nSPS) is 26.0. The van der Waals surface area contributed by atoms with E-state index in [4.69, 9.17) is 10.5 Å². The molecule has 0 spiro atoms. The summed E-state index contributed by atoms with van der Waals surface area (Å²) >= 11 is 0. The van der Waals surface area contributed by atoms with Gasteiger partial charge in [0.05, 0.1) is 12.2 Å². The Balaban J connectivity index is 2.91. The standard InChI is InChI=1S/C16H28N2O4/c1-4-12(5-2)22-13-6-7-15(18-10(3)19)14(17)9-11(8-13)16(20)21/h8,12-15H,4-7,9,17H2,1-3H3,(H,18,19)(H,20,21). The Morgan fingerprint density at radius 3 is 2.55 bits per heavy atom. The first-order chi connectivity index (χ1) is 10.4. The summed E-state index contributed by atoms with van der Waals surface area (Å²) in [5.74, 6) is -1.13. The summed E-state index contributed by atoms with van der Waals surface area (Å²) in [7, 11) is 0. The van der Waals surface area contributed by atoms with Crippen LogP contribution >= 0.6 is 0 Å². The van der Waals surface area contributed by atoms with E-state index in [0.717, 1.165) is 12.8 Å². The van der Waals surface area contributed by atoms with Gasteiger partial charge in [-0.2, -0.15) is 0 Å². The summed E-state index contributed by atoms with van der Waals surface area (Å²) < 4.78 is 6.00. The maximum absolute atomic E-state index is 11.4. The molecule has 0 heterocycles. The average molecular weight is 312 g/mol. The number of ether oxygens (including phenoxy) is 1. The number of carboxylic acid groups (broad SMARTS) is 1. The molecular formula is C16H28N2O4. The van der Waals surface area contributed by atoms with Gasteiger partial charge in [-0.15, -0.1) is 0 Å². The van der Waals surface area contributed by atoms with E-state index < -0.39 is 12.0 Å². The van der Waals surface area contributed by atoms with Crippen LogP contribution in [-0.2, 0) is 14.3 Å². The Bertz CT molecular complexity index is 418. The maximum atomic E-state index is 11.4. The van der Waals surface area contributed by atoms with Crippen LogP contribution in [0.5, 0.6) is 0 Å². The molecule has 0 aromatic rings. The molecule has 1 aliphatic carbocycles. The summed E-state index contributed by atoms with van der Waals surface area (Å²) in [6.45, 7) is 5.54. The molecule has 4 N–H and O–H groups in total. The van der Waals surface area contributed by atoms with Gasteiger partial charge < -0.3 is 20.9 Å². The van der Waals surface area contributed by atoms with E-state index in [1.807, 2.05) is 0 Å². The lowest BCUT2D eigenvalue weighted by Crippen LogP contribution is -2.48. The fourth-order valence-electron chi connectivity index (χ4n) is 2.76. The number of hydrogen-bond donors (Lipinski definition) is 3. The molecule has 0 aromatic heterocycles. The molecular weight excluding hydrogens is 284 g/mol. The van der Waals surface area contributed by atoms with Gasteiger partial charge in [0.15, 0.2) is 0 Å². The van der Waals surface area contributed by atoms with Crippen LogP contribution in [0.2, 0.25) is 0 Å². The van der Waals surface area contributed by atoms with Crippen molar-refractivity contribution in [3.63, 3.8) is 0 Å². The van der Waals surface area contributed by atoms with Crippen LogP contribution in [0.4, 0.5) is 0 Å². The van der Waals surface area contributed by atoms with Crippen LogP contribution in [-0.4, -0.2) is 41.3 Å². The minimum Gasteiger partial charge on any atom is -0.478 e. The minimum atomic E-state index is -0.975. The van der Waals surface area contributed by atoms with Crippen molar-refractivity contribution in [2.24, 2.45) is 5.73 Å². The molecule has 0 bridgehead atoms.